The Hall–Kier alpha value is -0.790. The highest BCUT2D eigenvalue weighted by atomic mass is 15.3. The fourth-order valence-electron chi connectivity index (χ4n) is 2.08. The third kappa shape index (κ3) is 1.62. The maximum atomic E-state index is 4.55. The smallest absolute Gasteiger partial charge is 0.0656 e. The van der Waals surface area contributed by atoms with E-state index in [9.17, 15) is 0 Å². The maximum Gasteiger partial charge on any atom is 0.0656 e. The molecule has 0 atom stereocenters. The van der Waals surface area contributed by atoms with Crippen molar-refractivity contribution >= 4 is 0 Å². The molecule has 0 aliphatic heterocycles. The first-order valence-corrected chi connectivity index (χ1v) is 5.16. The molecule has 0 fully saturated rings. The molecule has 0 aromatic carbocycles. The molecule has 0 saturated carbocycles. The van der Waals surface area contributed by atoms with Gasteiger partial charge in [0.15, 0.2) is 0 Å². The van der Waals surface area contributed by atoms with Crippen LogP contribution in [0.4, 0.5) is 0 Å². The van der Waals surface area contributed by atoms with Crippen LogP contribution in [0.2, 0.25) is 0 Å². The van der Waals surface area contributed by atoms with Crippen LogP contribution in [-0.2, 0) is 19.4 Å². The highest BCUT2D eigenvalue weighted by Gasteiger charge is 2.26. The summed E-state index contributed by atoms with van der Waals surface area (Å²) in [5.74, 6) is 0. The Balaban J connectivity index is 2.30. The molecule has 2 nitrogen and oxygen atoms in total. The normalized spacial score (nSPS) is 19.9. The van der Waals surface area contributed by atoms with Crippen molar-refractivity contribution in [1.82, 2.24) is 9.78 Å². The number of nitrogens with zero attached hydrogens (tertiary/aromatic N) is 2. The lowest BCUT2D eigenvalue weighted by Crippen LogP contribution is -2.21. The highest BCUT2D eigenvalue weighted by molar-refractivity contribution is 5.22. The topological polar surface area (TPSA) is 17.8 Å². The molecular weight excluding hydrogens is 160 g/mol. The number of rotatable bonds is 1. The van der Waals surface area contributed by atoms with Gasteiger partial charge in [0.25, 0.3) is 0 Å². The Morgan fingerprint density at radius 1 is 1.54 bits per heavy atom. The molecule has 0 unspecified atom stereocenters. The predicted octanol–water partition coefficient (Wildman–Crippen LogP) is 2.42. The second-order valence-corrected chi connectivity index (χ2v) is 4.80. The minimum atomic E-state index is 0.481. The Labute approximate surface area is 80.0 Å². The standard InChI is InChI=1S/C11H18N2/c1-4-13-8-9-7-11(2,3)6-5-10(9)12-13/h8H,4-7H2,1-3H3. The van der Waals surface area contributed by atoms with Crippen molar-refractivity contribution in [3.05, 3.63) is 17.5 Å². The van der Waals surface area contributed by atoms with Gasteiger partial charge >= 0.3 is 0 Å². The molecule has 1 aromatic heterocycles. The molecule has 0 N–H and O–H groups in total. The summed E-state index contributed by atoms with van der Waals surface area (Å²) in [6.07, 6.45) is 5.86. The summed E-state index contributed by atoms with van der Waals surface area (Å²) >= 11 is 0. The summed E-state index contributed by atoms with van der Waals surface area (Å²) in [6, 6.07) is 0. The molecule has 0 bridgehead atoms. The van der Waals surface area contributed by atoms with E-state index in [1.807, 2.05) is 0 Å². The van der Waals surface area contributed by atoms with E-state index in [1.54, 1.807) is 0 Å². The lowest BCUT2D eigenvalue weighted by atomic mass is 9.77. The van der Waals surface area contributed by atoms with Crippen LogP contribution in [0.25, 0.3) is 0 Å². The lowest BCUT2D eigenvalue weighted by molar-refractivity contribution is 0.314. The van der Waals surface area contributed by atoms with Crippen LogP contribution in [0.1, 0.15) is 38.4 Å². The van der Waals surface area contributed by atoms with Crippen molar-refractivity contribution in [3.63, 3.8) is 0 Å². The first-order valence-electron chi connectivity index (χ1n) is 5.16. The van der Waals surface area contributed by atoms with E-state index in [-0.39, 0.29) is 0 Å². The first-order chi connectivity index (χ1) is 6.11. The third-order valence-corrected chi connectivity index (χ3v) is 2.96. The fraction of sp³-hybridized carbons (Fsp3) is 0.727. The van der Waals surface area contributed by atoms with Gasteiger partial charge in [-0.25, -0.2) is 0 Å². The Morgan fingerprint density at radius 3 is 3.00 bits per heavy atom. The number of aryl methyl sites for hydroxylation is 2. The summed E-state index contributed by atoms with van der Waals surface area (Å²) in [6.45, 7) is 7.83. The van der Waals surface area contributed by atoms with Crippen LogP contribution >= 0.6 is 0 Å². The van der Waals surface area contributed by atoms with Crippen LogP contribution in [0.15, 0.2) is 6.20 Å². The van der Waals surface area contributed by atoms with E-state index in [2.05, 4.69) is 36.7 Å². The first kappa shape index (κ1) is 8.79. The minimum absolute atomic E-state index is 0.481. The average Bonchev–Trinajstić information content (AvgIpc) is 2.44. The molecule has 2 heteroatoms. The van der Waals surface area contributed by atoms with Crippen LogP contribution in [0, 0.1) is 5.41 Å². The zero-order chi connectivity index (χ0) is 9.47. The fourth-order valence-corrected chi connectivity index (χ4v) is 2.08. The molecule has 2 rings (SSSR count). The number of hydrogen-bond acceptors (Lipinski definition) is 1. The molecule has 1 aromatic rings. The van der Waals surface area contributed by atoms with E-state index < -0.39 is 0 Å². The number of aromatic nitrogens is 2. The molecule has 0 spiro atoms. The summed E-state index contributed by atoms with van der Waals surface area (Å²) in [7, 11) is 0. The third-order valence-electron chi connectivity index (χ3n) is 2.96. The van der Waals surface area contributed by atoms with E-state index in [0.717, 1.165) is 13.0 Å². The van der Waals surface area contributed by atoms with E-state index >= 15 is 0 Å². The molecule has 13 heavy (non-hydrogen) atoms. The molecule has 1 heterocycles. The summed E-state index contributed by atoms with van der Waals surface area (Å²) in [5, 5.41) is 4.55. The van der Waals surface area contributed by atoms with Gasteiger partial charge in [-0.05, 0) is 37.2 Å². The second kappa shape index (κ2) is 2.86. The average molecular weight is 178 g/mol. The summed E-state index contributed by atoms with van der Waals surface area (Å²) in [4.78, 5) is 0. The molecule has 0 amide bonds. The second-order valence-electron chi connectivity index (χ2n) is 4.80. The quantitative estimate of drug-likeness (QED) is 0.645. The van der Waals surface area contributed by atoms with Gasteiger partial charge in [-0.15, -0.1) is 0 Å². The predicted molar refractivity (Wildman–Crippen MR) is 53.7 cm³/mol. The van der Waals surface area contributed by atoms with E-state index in [4.69, 9.17) is 0 Å². The Morgan fingerprint density at radius 2 is 2.31 bits per heavy atom. The monoisotopic (exact) mass is 178 g/mol. The van der Waals surface area contributed by atoms with Gasteiger partial charge in [0, 0.05) is 12.7 Å². The van der Waals surface area contributed by atoms with Crippen LogP contribution in [0.3, 0.4) is 0 Å². The van der Waals surface area contributed by atoms with Crippen LogP contribution in [-0.4, -0.2) is 9.78 Å². The number of fused-ring (bicyclic) bond motifs is 1. The van der Waals surface area contributed by atoms with Crippen molar-refractivity contribution in [3.8, 4) is 0 Å². The summed E-state index contributed by atoms with van der Waals surface area (Å²) in [5.41, 5.74) is 3.29. The zero-order valence-electron chi connectivity index (χ0n) is 8.80. The Kier molecular flexibility index (Phi) is 1.94. The van der Waals surface area contributed by atoms with Gasteiger partial charge in [0.1, 0.15) is 0 Å². The van der Waals surface area contributed by atoms with Gasteiger partial charge in [0.2, 0.25) is 0 Å². The van der Waals surface area contributed by atoms with Gasteiger partial charge in [-0.2, -0.15) is 5.10 Å². The van der Waals surface area contributed by atoms with Crippen molar-refractivity contribution in [1.29, 1.82) is 0 Å². The summed E-state index contributed by atoms with van der Waals surface area (Å²) < 4.78 is 2.06. The number of hydrogen-bond donors (Lipinski definition) is 0. The molecule has 0 saturated heterocycles. The van der Waals surface area contributed by atoms with Crippen molar-refractivity contribution in [2.75, 3.05) is 0 Å². The van der Waals surface area contributed by atoms with Gasteiger partial charge in [0.05, 0.1) is 5.69 Å². The minimum Gasteiger partial charge on any atom is -0.272 e. The van der Waals surface area contributed by atoms with E-state index in [1.165, 1.54) is 24.1 Å². The van der Waals surface area contributed by atoms with Crippen molar-refractivity contribution < 1.29 is 0 Å². The van der Waals surface area contributed by atoms with Gasteiger partial charge in [-0.3, -0.25) is 4.68 Å². The lowest BCUT2D eigenvalue weighted by Gasteiger charge is -2.28. The molecule has 0 radical (unpaired) electrons. The maximum absolute atomic E-state index is 4.55. The molecule has 1 aliphatic carbocycles. The van der Waals surface area contributed by atoms with Crippen molar-refractivity contribution in [2.45, 2.75) is 46.6 Å². The van der Waals surface area contributed by atoms with E-state index in [0.29, 0.717) is 5.41 Å². The highest BCUT2D eigenvalue weighted by Crippen LogP contribution is 2.33. The van der Waals surface area contributed by atoms with Gasteiger partial charge in [-0.1, -0.05) is 13.8 Å². The zero-order valence-corrected chi connectivity index (χ0v) is 8.80. The molecule has 1 aliphatic rings. The SMILES string of the molecule is CCn1cc2c(n1)CCC(C)(C)C2. The van der Waals surface area contributed by atoms with Crippen molar-refractivity contribution in [2.24, 2.45) is 5.41 Å². The van der Waals surface area contributed by atoms with Gasteiger partial charge < -0.3 is 0 Å². The molecular formula is C11H18N2. The van der Waals surface area contributed by atoms with Crippen LogP contribution in [0.5, 0.6) is 0 Å². The molecule has 72 valence electrons. The Bertz CT molecular complexity index is 310. The largest absolute Gasteiger partial charge is 0.272 e. The van der Waals surface area contributed by atoms with Crippen LogP contribution < -0.4 is 0 Å².